The first kappa shape index (κ1) is 11.8. The summed E-state index contributed by atoms with van der Waals surface area (Å²) in [6.07, 6.45) is 7.76. The molecule has 0 atom stereocenters. The average molecular weight is 242 g/mol. The van der Waals surface area contributed by atoms with E-state index < -0.39 is 0 Å². The molecular weight excluding hydrogens is 220 g/mol. The fourth-order valence-electron chi connectivity index (χ4n) is 3.11. The maximum Gasteiger partial charge on any atom is 0.0481 e. The number of benzene rings is 1. The van der Waals surface area contributed by atoms with Gasteiger partial charge in [-0.2, -0.15) is 0 Å². The third-order valence-electron chi connectivity index (χ3n) is 4.16. The summed E-state index contributed by atoms with van der Waals surface area (Å²) in [6, 6.07) is 7.46. The van der Waals surface area contributed by atoms with Crippen LogP contribution in [0, 0.1) is 6.92 Å². The fourth-order valence-corrected chi connectivity index (χ4v) is 3.11. The van der Waals surface area contributed by atoms with Gasteiger partial charge in [0.1, 0.15) is 0 Å². The van der Waals surface area contributed by atoms with Crippen LogP contribution in [0.15, 0.2) is 24.4 Å². The lowest BCUT2D eigenvalue weighted by atomic mass is 10.1. The number of hydrogen-bond donors (Lipinski definition) is 1. The lowest BCUT2D eigenvalue weighted by molar-refractivity contribution is 0.525. The van der Waals surface area contributed by atoms with E-state index in [0.29, 0.717) is 0 Å². The molecule has 1 N–H and O–H groups in total. The molecule has 96 valence electrons. The Balaban J connectivity index is 1.84. The van der Waals surface area contributed by atoms with Crippen molar-refractivity contribution in [3.63, 3.8) is 0 Å². The highest BCUT2D eigenvalue weighted by Crippen LogP contribution is 2.23. The molecule has 1 fully saturated rings. The fraction of sp³-hybridized carbons (Fsp3) is 0.500. The number of rotatable bonds is 3. The summed E-state index contributed by atoms with van der Waals surface area (Å²) in [4.78, 5) is 0. The van der Waals surface area contributed by atoms with Gasteiger partial charge < -0.3 is 9.88 Å². The number of hydrogen-bond acceptors (Lipinski definition) is 1. The molecule has 0 saturated heterocycles. The molecule has 0 bridgehead atoms. The molecule has 2 nitrogen and oxygen atoms in total. The first-order valence-electron chi connectivity index (χ1n) is 7.02. The molecule has 0 unspecified atom stereocenters. The van der Waals surface area contributed by atoms with E-state index in [1.807, 2.05) is 0 Å². The summed E-state index contributed by atoms with van der Waals surface area (Å²) in [5.74, 6) is 0. The Morgan fingerprint density at radius 3 is 2.83 bits per heavy atom. The molecule has 3 rings (SSSR count). The zero-order valence-corrected chi connectivity index (χ0v) is 11.4. The van der Waals surface area contributed by atoms with E-state index in [4.69, 9.17) is 0 Å². The summed E-state index contributed by atoms with van der Waals surface area (Å²) in [5.41, 5.74) is 4.11. The summed E-state index contributed by atoms with van der Waals surface area (Å²) in [6.45, 7) is 3.17. The highest BCUT2D eigenvalue weighted by atomic mass is 14.9. The SMILES string of the molecule is Cc1ccc2c(c1)c(CNC1CCCC1)cn2C. The van der Waals surface area contributed by atoms with Crippen LogP contribution in [0.5, 0.6) is 0 Å². The van der Waals surface area contributed by atoms with Gasteiger partial charge in [0.2, 0.25) is 0 Å². The molecule has 1 aromatic carbocycles. The van der Waals surface area contributed by atoms with Crippen LogP contribution in [-0.2, 0) is 13.6 Å². The van der Waals surface area contributed by atoms with Gasteiger partial charge in [-0.25, -0.2) is 0 Å². The number of aromatic nitrogens is 1. The zero-order valence-electron chi connectivity index (χ0n) is 11.4. The Morgan fingerprint density at radius 2 is 2.06 bits per heavy atom. The second-order valence-corrected chi connectivity index (χ2v) is 5.65. The van der Waals surface area contributed by atoms with Crippen molar-refractivity contribution in [3.05, 3.63) is 35.5 Å². The topological polar surface area (TPSA) is 17.0 Å². The van der Waals surface area contributed by atoms with Crippen molar-refractivity contribution >= 4 is 10.9 Å². The van der Waals surface area contributed by atoms with Gasteiger partial charge in [0.25, 0.3) is 0 Å². The molecule has 18 heavy (non-hydrogen) atoms. The molecule has 0 amide bonds. The van der Waals surface area contributed by atoms with Crippen molar-refractivity contribution in [1.29, 1.82) is 0 Å². The minimum Gasteiger partial charge on any atom is -0.350 e. The van der Waals surface area contributed by atoms with Gasteiger partial charge in [-0.1, -0.05) is 24.5 Å². The average Bonchev–Trinajstić information content (AvgIpc) is 2.95. The van der Waals surface area contributed by atoms with Crippen LogP contribution < -0.4 is 5.32 Å². The zero-order chi connectivity index (χ0) is 12.5. The number of aryl methyl sites for hydroxylation is 2. The molecular formula is C16H22N2. The number of fused-ring (bicyclic) bond motifs is 1. The van der Waals surface area contributed by atoms with E-state index in [2.05, 4.69) is 48.3 Å². The second-order valence-electron chi connectivity index (χ2n) is 5.65. The first-order valence-corrected chi connectivity index (χ1v) is 7.02. The van der Waals surface area contributed by atoms with E-state index in [0.717, 1.165) is 12.6 Å². The molecule has 1 aromatic heterocycles. The maximum absolute atomic E-state index is 3.71. The molecule has 2 heteroatoms. The molecule has 1 heterocycles. The predicted molar refractivity (Wildman–Crippen MR) is 76.8 cm³/mol. The first-order chi connectivity index (χ1) is 8.74. The Hall–Kier alpha value is -1.28. The van der Waals surface area contributed by atoms with E-state index in [9.17, 15) is 0 Å². The monoisotopic (exact) mass is 242 g/mol. The van der Waals surface area contributed by atoms with Crippen molar-refractivity contribution in [3.8, 4) is 0 Å². The van der Waals surface area contributed by atoms with Crippen molar-refractivity contribution in [1.82, 2.24) is 9.88 Å². The highest BCUT2D eigenvalue weighted by molar-refractivity contribution is 5.84. The minimum atomic E-state index is 0.741. The molecule has 0 radical (unpaired) electrons. The summed E-state index contributed by atoms with van der Waals surface area (Å²) < 4.78 is 2.24. The molecule has 2 aromatic rings. The third-order valence-corrected chi connectivity index (χ3v) is 4.16. The Labute approximate surface area is 109 Å². The van der Waals surface area contributed by atoms with Gasteiger partial charge in [0.15, 0.2) is 0 Å². The van der Waals surface area contributed by atoms with Crippen LogP contribution in [0.2, 0.25) is 0 Å². The lowest BCUT2D eigenvalue weighted by Crippen LogP contribution is -2.25. The highest BCUT2D eigenvalue weighted by Gasteiger charge is 2.15. The van der Waals surface area contributed by atoms with Crippen molar-refractivity contribution in [2.75, 3.05) is 0 Å². The summed E-state index contributed by atoms with van der Waals surface area (Å²) in [7, 11) is 2.14. The minimum absolute atomic E-state index is 0.741. The smallest absolute Gasteiger partial charge is 0.0481 e. The molecule has 0 spiro atoms. The van der Waals surface area contributed by atoms with E-state index >= 15 is 0 Å². The van der Waals surface area contributed by atoms with Crippen LogP contribution in [0.3, 0.4) is 0 Å². The molecule has 0 aliphatic heterocycles. The van der Waals surface area contributed by atoms with Gasteiger partial charge >= 0.3 is 0 Å². The summed E-state index contributed by atoms with van der Waals surface area (Å²) >= 11 is 0. The lowest BCUT2D eigenvalue weighted by Gasteiger charge is -2.10. The van der Waals surface area contributed by atoms with Gasteiger partial charge in [0.05, 0.1) is 0 Å². The van der Waals surface area contributed by atoms with Crippen LogP contribution in [0.25, 0.3) is 10.9 Å². The van der Waals surface area contributed by atoms with Crippen LogP contribution in [0.4, 0.5) is 0 Å². The number of nitrogens with one attached hydrogen (secondary N) is 1. The Bertz CT molecular complexity index is 547. The van der Waals surface area contributed by atoms with Crippen molar-refractivity contribution in [2.24, 2.45) is 7.05 Å². The maximum atomic E-state index is 3.71. The van der Waals surface area contributed by atoms with Gasteiger partial charge in [-0.3, -0.25) is 0 Å². The molecule has 1 aliphatic carbocycles. The molecule has 1 aliphatic rings. The number of nitrogens with zero attached hydrogens (tertiary/aromatic N) is 1. The predicted octanol–water partition coefficient (Wildman–Crippen LogP) is 3.52. The van der Waals surface area contributed by atoms with Gasteiger partial charge in [0, 0.05) is 36.7 Å². The quantitative estimate of drug-likeness (QED) is 0.871. The Kier molecular flexibility index (Phi) is 3.13. The van der Waals surface area contributed by atoms with Crippen molar-refractivity contribution in [2.45, 2.75) is 45.2 Å². The summed E-state index contributed by atoms with van der Waals surface area (Å²) in [5, 5.41) is 5.12. The molecule has 1 saturated carbocycles. The van der Waals surface area contributed by atoms with Crippen molar-refractivity contribution < 1.29 is 0 Å². The van der Waals surface area contributed by atoms with E-state index in [1.165, 1.54) is 47.7 Å². The van der Waals surface area contributed by atoms with Crippen LogP contribution in [0.1, 0.15) is 36.8 Å². The van der Waals surface area contributed by atoms with Gasteiger partial charge in [-0.05, 0) is 37.5 Å². The Morgan fingerprint density at radius 1 is 1.28 bits per heavy atom. The van der Waals surface area contributed by atoms with Crippen LogP contribution >= 0.6 is 0 Å². The standard InChI is InChI=1S/C16H22N2/c1-12-7-8-16-15(9-12)13(11-18(16)2)10-17-14-5-3-4-6-14/h7-9,11,14,17H,3-6,10H2,1-2H3. The van der Waals surface area contributed by atoms with E-state index in [-0.39, 0.29) is 0 Å². The van der Waals surface area contributed by atoms with Gasteiger partial charge in [-0.15, -0.1) is 0 Å². The van der Waals surface area contributed by atoms with Crippen LogP contribution in [-0.4, -0.2) is 10.6 Å². The second kappa shape index (κ2) is 4.77. The third kappa shape index (κ3) is 2.17. The normalized spacial score (nSPS) is 16.8. The van der Waals surface area contributed by atoms with E-state index in [1.54, 1.807) is 0 Å². The largest absolute Gasteiger partial charge is 0.350 e.